The van der Waals surface area contributed by atoms with E-state index in [0.29, 0.717) is 6.04 Å². The fourth-order valence-corrected chi connectivity index (χ4v) is 2.78. The highest BCUT2D eigenvalue weighted by molar-refractivity contribution is 7.80. The molecule has 2 saturated heterocycles. The first kappa shape index (κ1) is 10.2. The van der Waals surface area contributed by atoms with Crippen LogP contribution in [0.2, 0.25) is 0 Å². The van der Waals surface area contributed by atoms with Gasteiger partial charge >= 0.3 is 0 Å². The van der Waals surface area contributed by atoms with E-state index >= 15 is 0 Å². The highest BCUT2D eigenvalue weighted by Crippen LogP contribution is 2.26. The SMILES string of the molecule is CNC(=S)NC1CCN2CCCC2C1. The molecule has 0 aromatic heterocycles. The summed E-state index contributed by atoms with van der Waals surface area (Å²) in [4.78, 5) is 2.63. The van der Waals surface area contributed by atoms with E-state index in [2.05, 4.69) is 15.5 Å². The Morgan fingerprint density at radius 2 is 2.21 bits per heavy atom. The van der Waals surface area contributed by atoms with Gasteiger partial charge in [-0.25, -0.2) is 0 Å². The minimum absolute atomic E-state index is 0.592. The van der Waals surface area contributed by atoms with Crippen LogP contribution in [0.15, 0.2) is 0 Å². The minimum atomic E-state index is 0.592. The van der Waals surface area contributed by atoms with Crippen molar-refractivity contribution in [3.63, 3.8) is 0 Å². The molecule has 2 atom stereocenters. The van der Waals surface area contributed by atoms with Crippen molar-refractivity contribution in [2.24, 2.45) is 0 Å². The van der Waals surface area contributed by atoms with Crippen LogP contribution in [0.25, 0.3) is 0 Å². The van der Waals surface area contributed by atoms with Crippen molar-refractivity contribution in [2.75, 3.05) is 20.1 Å². The van der Waals surface area contributed by atoms with Crippen molar-refractivity contribution >= 4 is 17.3 Å². The second-order valence-corrected chi connectivity index (χ2v) is 4.69. The van der Waals surface area contributed by atoms with E-state index in [1.165, 1.54) is 38.8 Å². The molecule has 2 aliphatic rings. The molecule has 2 fully saturated rings. The summed E-state index contributed by atoms with van der Waals surface area (Å²) in [6.07, 6.45) is 5.26. The first-order valence-electron chi connectivity index (χ1n) is 5.52. The predicted octanol–water partition coefficient (Wildman–Crippen LogP) is 0.707. The molecule has 2 unspecified atom stereocenters. The lowest BCUT2D eigenvalue weighted by molar-refractivity contribution is 0.175. The van der Waals surface area contributed by atoms with Crippen LogP contribution in [-0.4, -0.2) is 42.2 Å². The Balaban J connectivity index is 1.82. The van der Waals surface area contributed by atoms with E-state index in [-0.39, 0.29) is 0 Å². The van der Waals surface area contributed by atoms with Gasteiger partial charge in [0.05, 0.1) is 0 Å². The van der Waals surface area contributed by atoms with Crippen LogP contribution in [0.5, 0.6) is 0 Å². The average Bonchev–Trinajstić information content (AvgIpc) is 2.64. The average molecular weight is 213 g/mol. The lowest BCUT2D eigenvalue weighted by Crippen LogP contribution is -2.49. The summed E-state index contributed by atoms with van der Waals surface area (Å²) in [5.74, 6) is 0. The van der Waals surface area contributed by atoms with E-state index < -0.39 is 0 Å². The van der Waals surface area contributed by atoms with E-state index in [0.717, 1.165) is 11.2 Å². The standard InChI is InChI=1S/C10H19N3S/c1-11-10(14)12-8-4-6-13-5-2-3-9(13)7-8/h8-9H,2-7H2,1H3,(H2,11,12,14). The lowest BCUT2D eigenvalue weighted by atomic mass is 9.98. The Kier molecular flexibility index (Phi) is 3.23. The van der Waals surface area contributed by atoms with Crippen molar-refractivity contribution < 1.29 is 0 Å². The van der Waals surface area contributed by atoms with Gasteiger partial charge in [0.1, 0.15) is 0 Å². The number of rotatable bonds is 1. The highest BCUT2D eigenvalue weighted by atomic mass is 32.1. The monoisotopic (exact) mass is 213 g/mol. The van der Waals surface area contributed by atoms with E-state index in [4.69, 9.17) is 12.2 Å². The Hall–Kier alpha value is -0.350. The van der Waals surface area contributed by atoms with Crippen molar-refractivity contribution in [3.05, 3.63) is 0 Å². The smallest absolute Gasteiger partial charge is 0.166 e. The van der Waals surface area contributed by atoms with Gasteiger partial charge in [-0.1, -0.05) is 0 Å². The van der Waals surface area contributed by atoms with Crippen LogP contribution in [0.3, 0.4) is 0 Å². The lowest BCUT2D eigenvalue weighted by Gasteiger charge is -2.35. The summed E-state index contributed by atoms with van der Waals surface area (Å²) < 4.78 is 0. The molecule has 80 valence electrons. The van der Waals surface area contributed by atoms with Crippen LogP contribution >= 0.6 is 12.2 Å². The fourth-order valence-electron chi connectivity index (χ4n) is 2.61. The van der Waals surface area contributed by atoms with Gasteiger partial charge in [-0.3, -0.25) is 0 Å². The van der Waals surface area contributed by atoms with Gasteiger partial charge in [0.15, 0.2) is 5.11 Å². The summed E-state index contributed by atoms with van der Waals surface area (Å²) in [7, 11) is 1.88. The molecule has 0 aromatic carbocycles. The third-order valence-corrected chi connectivity index (χ3v) is 3.70. The maximum absolute atomic E-state index is 5.12. The number of piperidine rings is 1. The molecule has 0 bridgehead atoms. The van der Waals surface area contributed by atoms with Crippen LogP contribution in [-0.2, 0) is 0 Å². The number of thiocarbonyl (C=S) groups is 1. The molecule has 2 N–H and O–H groups in total. The zero-order chi connectivity index (χ0) is 9.97. The van der Waals surface area contributed by atoms with Crippen LogP contribution in [0.1, 0.15) is 25.7 Å². The largest absolute Gasteiger partial charge is 0.366 e. The van der Waals surface area contributed by atoms with Crippen molar-refractivity contribution in [1.82, 2.24) is 15.5 Å². The zero-order valence-electron chi connectivity index (χ0n) is 8.75. The third-order valence-electron chi connectivity index (χ3n) is 3.38. The number of nitrogens with one attached hydrogen (secondary N) is 2. The Bertz CT molecular complexity index is 219. The fraction of sp³-hybridized carbons (Fsp3) is 0.900. The Morgan fingerprint density at radius 3 is 3.00 bits per heavy atom. The molecule has 0 aromatic rings. The predicted molar refractivity (Wildman–Crippen MR) is 62.4 cm³/mol. The van der Waals surface area contributed by atoms with Crippen molar-refractivity contribution in [1.29, 1.82) is 0 Å². The number of fused-ring (bicyclic) bond motifs is 1. The first-order chi connectivity index (χ1) is 6.79. The highest BCUT2D eigenvalue weighted by Gasteiger charge is 2.31. The van der Waals surface area contributed by atoms with Gasteiger partial charge in [0, 0.05) is 25.7 Å². The molecule has 0 spiro atoms. The molecule has 14 heavy (non-hydrogen) atoms. The van der Waals surface area contributed by atoms with Gasteiger partial charge < -0.3 is 15.5 Å². The van der Waals surface area contributed by atoms with Gasteiger partial charge in [0.25, 0.3) is 0 Å². The van der Waals surface area contributed by atoms with Gasteiger partial charge in [-0.15, -0.1) is 0 Å². The number of hydrogen-bond donors (Lipinski definition) is 2. The third kappa shape index (κ3) is 2.17. The van der Waals surface area contributed by atoms with Crippen LogP contribution < -0.4 is 10.6 Å². The molecule has 0 aliphatic carbocycles. The van der Waals surface area contributed by atoms with Crippen molar-refractivity contribution in [2.45, 2.75) is 37.8 Å². The maximum Gasteiger partial charge on any atom is 0.166 e. The minimum Gasteiger partial charge on any atom is -0.366 e. The number of hydrogen-bond acceptors (Lipinski definition) is 2. The topological polar surface area (TPSA) is 27.3 Å². The van der Waals surface area contributed by atoms with E-state index in [9.17, 15) is 0 Å². The molecule has 3 nitrogen and oxygen atoms in total. The normalized spacial score (nSPS) is 32.4. The van der Waals surface area contributed by atoms with Gasteiger partial charge in [0.2, 0.25) is 0 Å². The summed E-state index contributed by atoms with van der Waals surface area (Å²) in [5.41, 5.74) is 0. The molecule has 0 radical (unpaired) electrons. The molecule has 2 rings (SSSR count). The molecule has 0 amide bonds. The quantitative estimate of drug-likeness (QED) is 0.627. The zero-order valence-corrected chi connectivity index (χ0v) is 9.57. The van der Waals surface area contributed by atoms with Crippen molar-refractivity contribution in [3.8, 4) is 0 Å². The van der Waals surface area contributed by atoms with E-state index in [1.807, 2.05) is 7.05 Å². The van der Waals surface area contributed by atoms with E-state index in [1.54, 1.807) is 0 Å². The van der Waals surface area contributed by atoms with Gasteiger partial charge in [-0.2, -0.15) is 0 Å². The molecule has 2 heterocycles. The van der Waals surface area contributed by atoms with Crippen LogP contribution in [0, 0.1) is 0 Å². The first-order valence-corrected chi connectivity index (χ1v) is 5.92. The molecule has 4 heteroatoms. The Labute approximate surface area is 91.2 Å². The molecular weight excluding hydrogens is 194 g/mol. The van der Waals surface area contributed by atoms with Gasteiger partial charge in [-0.05, 0) is 44.4 Å². The molecular formula is C10H19N3S. The number of nitrogens with zero attached hydrogens (tertiary/aromatic N) is 1. The summed E-state index contributed by atoms with van der Waals surface area (Å²) in [5, 5.41) is 7.15. The summed E-state index contributed by atoms with van der Waals surface area (Å²) in [6, 6.07) is 1.41. The second-order valence-electron chi connectivity index (χ2n) is 4.28. The van der Waals surface area contributed by atoms with Crippen LogP contribution in [0.4, 0.5) is 0 Å². The summed E-state index contributed by atoms with van der Waals surface area (Å²) >= 11 is 5.12. The second kappa shape index (κ2) is 4.45. The maximum atomic E-state index is 5.12. The summed E-state index contributed by atoms with van der Waals surface area (Å²) in [6.45, 7) is 2.56. The Morgan fingerprint density at radius 1 is 1.36 bits per heavy atom. The molecule has 0 saturated carbocycles. The molecule has 2 aliphatic heterocycles.